The van der Waals surface area contributed by atoms with E-state index >= 15 is 0 Å². The molecule has 4 heteroatoms. The number of fused-ring (bicyclic) bond motifs is 1. The summed E-state index contributed by atoms with van der Waals surface area (Å²) < 4.78 is 0. The molecule has 0 radical (unpaired) electrons. The Labute approximate surface area is 172 Å². The predicted molar refractivity (Wildman–Crippen MR) is 95.1 cm³/mol. The van der Waals surface area contributed by atoms with Crippen molar-refractivity contribution >= 4 is 18.3 Å². The van der Waals surface area contributed by atoms with E-state index in [1.807, 2.05) is 0 Å². The molecule has 0 aliphatic carbocycles. The van der Waals surface area contributed by atoms with Gasteiger partial charge in [-0.3, -0.25) is 0 Å². The van der Waals surface area contributed by atoms with Crippen molar-refractivity contribution in [1.29, 1.82) is 0 Å². The maximum atomic E-state index is 2.31. The van der Waals surface area contributed by atoms with E-state index < -0.39 is 0 Å². The van der Waals surface area contributed by atoms with Crippen molar-refractivity contribution < 1.29 is 46.5 Å². The smallest absolute Gasteiger partial charge is 1.00 e. The van der Waals surface area contributed by atoms with Crippen molar-refractivity contribution in [2.75, 3.05) is 0 Å². The van der Waals surface area contributed by atoms with Gasteiger partial charge in [0.25, 0.3) is 0 Å². The minimum atomic E-state index is -0.148. The summed E-state index contributed by atoms with van der Waals surface area (Å²) in [6, 6.07) is 23.8. The van der Waals surface area contributed by atoms with Crippen LogP contribution in [0.2, 0.25) is 0 Å². The predicted octanol–water partition coefficient (Wildman–Crippen LogP) is 0.562. The molecule has 122 valence electrons. The molecule has 0 nitrogen and oxygen atoms in total. The number of hydrogen-bond donors (Lipinski definition) is 0. The number of halogens is 2. The van der Waals surface area contributed by atoms with Gasteiger partial charge in [0.15, 0.2) is 0 Å². The van der Waals surface area contributed by atoms with Gasteiger partial charge in [0.05, 0.1) is 0 Å². The topological polar surface area (TPSA) is 0 Å². The summed E-state index contributed by atoms with van der Waals surface area (Å²) in [7, 11) is -0.148. The molecule has 24 heavy (non-hydrogen) atoms. The van der Waals surface area contributed by atoms with Gasteiger partial charge in [-0.15, -0.1) is 42.6 Å². The summed E-state index contributed by atoms with van der Waals surface area (Å²) in [5.74, 6) is 4.59. The van der Waals surface area contributed by atoms with E-state index in [1.165, 1.54) is 27.2 Å². The monoisotopic (exact) mass is 408 g/mol. The summed E-state index contributed by atoms with van der Waals surface area (Å²) >= 11 is 0. The molecular formula is C20H19Cl2PTi. The van der Waals surface area contributed by atoms with E-state index in [2.05, 4.69) is 92.2 Å². The molecule has 3 aromatic carbocycles. The van der Waals surface area contributed by atoms with Crippen LogP contribution in [0.5, 0.6) is 0 Å². The fraction of sp³-hybridized carbons (Fsp3) is 0.100. The van der Waals surface area contributed by atoms with Crippen molar-refractivity contribution in [3.05, 3.63) is 89.5 Å². The van der Waals surface area contributed by atoms with Crippen LogP contribution in [0.25, 0.3) is 16.1 Å². The molecule has 0 saturated heterocycles. The first-order valence-corrected chi connectivity index (χ1v) is 8.70. The first-order valence-electron chi connectivity index (χ1n) is 7.22. The zero-order chi connectivity index (χ0) is 14.7. The zero-order valence-electron chi connectivity index (χ0n) is 13.7. The Balaban J connectivity index is 0.000000463. The maximum absolute atomic E-state index is 2.31. The molecule has 0 aliphatic rings. The van der Waals surface area contributed by atoms with Gasteiger partial charge in [-0.05, 0) is 11.6 Å². The Morgan fingerprint density at radius 1 is 0.917 bits per heavy atom. The molecule has 0 saturated carbocycles. The minimum Gasteiger partial charge on any atom is -1.00 e. The maximum Gasteiger partial charge on any atom is 4.00 e. The van der Waals surface area contributed by atoms with Crippen LogP contribution in [0.1, 0.15) is 11.1 Å². The van der Waals surface area contributed by atoms with Crippen molar-refractivity contribution in [2.24, 2.45) is 0 Å². The summed E-state index contributed by atoms with van der Waals surface area (Å²) in [5.41, 5.74) is 2.78. The molecule has 0 aliphatic heterocycles. The van der Waals surface area contributed by atoms with Crippen LogP contribution >= 0.6 is 7.53 Å². The van der Waals surface area contributed by atoms with Crippen molar-refractivity contribution in [3.63, 3.8) is 0 Å². The fourth-order valence-corrected chi connectivity index (χ4v) is 3.98. The second kappa shape index (κ2) is 11.0. The van der Waals surface area contributed by atoms with E-state index in [0.717, 1.165) is 0 Å². The molecule has 1 aromatic heterocycles. The Morgan fingerprint density at radius 2 is 1.58 bits per heavy atom. The number of benzene rings is 1. The van der Waals surface area contributed by atoms with Gasteiger partial charge in [0, 0.05) is 0 Å². The van der Waals surface area contributed by atoms with Gasteiger partial charge in [-0.1, -0.05) is 37.4 Å². The Hall–Kier alpha value is -0.746. The first-order chi connectivity index (χ1) is 10.2. The SMILES string of the molecule is Cc1ccc[c-]1C.[Cl-].[Cl-].[Ti+4].c1ccc2[cH-]c(-p3cccc3)cc2c1. The average molecular weight is 409 g/mol. The molecule has 0 N–H and O–H groups in total. The van der Waals surface area contributed by atoms with Crippen LogP contribution in [0.3, 0.4) is 0 Å². The van der Waals surface area contributed by atoms with Crippen LogP contribution in [0, 0.1) is 13.8 Å². The summed E-state index contributed by atoms with van der Waals surface area (Å²) in [4.78, 5) is 0. The standard InChI is InChI=1S/C13H10P.C7H9.2ClH.Ti/c1-2-6-12-10-13(9-11(12)5-1)14-7-3-4-8-14;1-6-4-3-5-7(6)2;;;/h1-10H;3-5H,1-2H3;2*1H;/q2*-1;;;+4/p-2. The molecule has 0 spiro atoms. The molecule has 0 unspecified atom stereocenters. The molecule has 0 fully saturated rings. The van der Waals surface area contributed by atoms with E-state index in [1.54, 1.807) is 0 Å². The van der Waals surface area contributed by atoms with E-state index in [0.29, 0.717) is 0 Å². The summed E-state index contributed by atoms with van der Waals surface area (Å²) in [5, 5.41) is 4.18. The molecule has 1 heterocycles. The molecule has 0 bridgehead atoms. The second-order valence-electron chi connectivity index (χ2n) is 5.32. The normalized spacial score (nSPS) is 9.08. The summed E-state index contributed by atoms with van der Waals surface area (Å²) in [6.45, 7) is 4.24. The number of aryl methyl sites for hydroxylation is 2. The third-order valence-corrected chi connectivity index (χ3v) is 5.66. The summed E-state index contributed by atoms with van der Waals surface area (Å²) in [6.07, 6.45) is 0. The fourth-order valence-electron chi connectivity index (χ4n) is 2.39. The van der Waals surface area contributed by atoms with Crippen LogP contribution in [0.4, 0.5) is 0 Å². The number of hydrogen-bond acceptors (Lipinski definition) is 0. The van der Waals surface area contributed by atoms with E-state index in [4.69, 9.17) is 0 Å². The first kappa shape index (κ1) is 23.3. The average Bonchev–Trinajstić information content (AvgIpc) is 3.21. The second-order valence-corrected chi connectivity index (χ2v) is 7.25. The van der Waals surface area contributed by atoms with Crippen molar-refractivity contribution in [1.82, 2.24) is 0 Å². The van der Waals surface area contributed by atoms with Gasteiger partial charge in [0.1, 0.15) is 0 Å². The third-order valence-electron chi connectivity index (χ3n) is 3.82. The van der Waals surface area contributed by atoms with Crippen LogP contribution in [-0.4, -0.2) is 0 Å². The molecular weight excluding hydrogens is 390 g/mol. The molecule has 0 atom stereocenters. The largest absolute Gasteiger partial charge is 4.00 e. The van der Waals surface area contributed by atoms with Crippen molar-refractivity contribution in [2.45, 2.75) is 13.8 Å². The quantitative estimate of drug-likeness (QED) is 0.319. The Kier molecular flexibility index (Phi) is 10.6. The number of rotatable bonds is 1. The van der Waals surface area contributed by atoms with Gasteiger partial charge >= 0.3 is 21.7 Å². The van der Waals surface area contributed by atoms with Gasteiger partial charge < -0.3 is 24.8 Å². The van der Waals surface area contributed by atoms with Crippen LogP contribution in [-0.2, 0) is 21.7 Å². The van der Waals surface area contributed by atoms with Gasteiger partial charge in [-0.2, -0.15) is 23.3 Å². The zero-order valence-corrected chi connectivity index (χ0v) is 17.7. The van der Waals surface area contributed by atoms with Gasteiger partial charge in [-0.25, -0.2) is 12.1 Å². The third kappa shape index (κ3) is 5.66. The molecule has 4 rings (SSSR count). The molecule has 0 amide bonds. The Morgan fingerprint density at radius 3 is 2.08 bits per heavy atom. The van der Waals surface area contributed by atoms with Crippen molar-refractivity contribution in [3.8, 4) is 5.30 Å². The molecule has 4 aromatic rings. The van der Waals surface area contributed by atoms with E-state index in [9.17, 15) is 0 Å². The van der Waals surface area contributed by atoms with Crippen LogP contribution < -0.4 is 24.8 Å². The van der Waals surface area contributed by atoms with Gasteiger partial charge in [0.2, 0.25) is 0 Å². The minimum absolute atomic E-state index is 0. The Bertz CT molecular complexity index is 779. The van der Waals surface area contributed by atoms with E-state index in [-0.39, 0.29) is 54.1 Å². The van der Waals surface area contributed by atoms with Crippen LogP contribution in [0.15, 0.2) is 78.3 Å².